The molecule has 1 fully saturated rings. The molecule has 1 aromatic carbocycles. The van der Waals surface area contributed by atoms with E-state index in [0.29, 0.717) is 0 Å². The van der Waals surface area contributed by atoms with Gasteiger partial charge in [0.2, 0.25) is 0 Å². The van der Waals surface area contributed by atoms with Gasteiger partial charge in [-0.2, -0.15) is 0 Å². The van der Waals surface area contributed by atoms with Gasteiger partial charge in [0.05, 0.1) is 6.10 Å². The molecule has 0 saturated heterocycles. The van der Waals surface area contributed by atoms with Crippen molar-refractivity contribution in [1.29, 1.82) is 0 Å². The molecule has 0 bridgehead atoms. The quantitative estimate of drug-likeness (QED) is 0.722. The zero-order valence-electron chi connectivity index (χ0n) is 8.74. The van der Waals surface area contributed by atoms with E-state index >= 15 is 0 Å². The van der Waals surface area contributed by atoms with E-state index in [-0.39, 0.29) is 11.5 Å². The van der Waals surface area contributed by atoms with Crippen molar-refractivity contribution in [2.75, 3.05) is 0 Å². The molecule has 1 saturated carbocycles. The van der Waals surface area contributed by atoms with E-state index in [0.717, 1.165) is 12.8 Å². The summed E-state index contributed by atoms with van der Waals surface area (Å²) in [6, 6.07) is 10.4. The second kappa shape index (κ2) is 3.74. The summed E-state index contributed by atoms with van der Waals surface area (Å²) >= 11 is 0. The topological polar surface area (TPSA) is 20.2 Å². The molecule has 76 valence electrons. The fraction of sp³-hybridized carbons (Fsp3) is 0.538. The second-order valence-corrected chi connectivity index (χ2v) is 4.55. The smallest absolute Gasteiger partial charge is 0.0634 e. The molecular formula is C13H18O. The minimum atomic E-state index is -0.168. The van der Waals surface area contributed by atoms with Crippen LogP contribution < -0.4 is 0 Å². The molecule has 1 N–H and O–H groups in total. The molecule has 0 aromatic heterocycles. The monoisotopic (exact) mass is 190 g/mol. The molecule has 1 aliphatic carbocycles. The highest BCUT2D eigenvalue weighted by atomic mass is 16.3. The van der Waals surface area contributed by atoms with Crippen LogP contribution in [0.25, 0.3) is 0 Å². The first-order valence-electron chi connectivity index (χ1n) is 5.47. The van der Waals surface area contributed by atoms with Crippen molar-refractivity contribution in [1.82, 2.24) is 0 Å². The van der Waals surface area contributed by atoms with Crippen molar-refractivity contribution >= 4 is 0 Å². The summed E-state index contributed by atoms with van der Waals surface area (Å²) in [4.78, 5) is 0. The molecule has 14 heavy (non-hydrogen) atoms. The standard InChI is InChI=1S/C13H18O/c1-13(10-6-5-9-12(13)14)11-7-3-2-4-8-11/h2-4,7-8,12,14H,5-6,9-10H2,1H3. The second-order valence-electron chi connectivity index (χ2n) is 4.55. The first-order valence-corrected chi connectivity index (χ1v) is 5.47. The Hall–Kier alpha value is -0.820. The number of benzene rings is 1. The average Bonchev–Trinajstić information content (AvgIpc) is 2.24. The van der Waals surface area contributed by atoms with Crippen LogP contribution in [0.5, 0.6) is 0 Å². The summed E-state index contributed by atoms with van der Waals surface area (Å²) in [5.41, 5.74) is 1.27. The molecule has 0 aliphatic heterocycles. The summed E-state index contributed by atoms with van der Waals surface area (Å²) in [5, 5.41) is 10.1. The highest BCUT2D eigenvalue weighted by Crippen LogP contribution is 2.38. The highest BCUT2D eigenvalue weighted by molar-refractivity contribution is 5.26. The first kappa shape index (κ1) is 9.72. The van der Waals surface area contributed by atoms with E-state index in [1.165, 1.54) is 18.4 Å². The summed E-state index contributed by atoms with van der Waals surface area (Å²) < 4.78 is 0. The van der Waals surface area contributed by atoms with Crippen molar-refractivity contribution in [2.45, 2.75) is 44.1 Å². The van der Waals surface area contributed by atoms with Crippen molar-refractivity contribution < 1.29 is 5.11 Å². The van der Waals surface area contributed by atoms with Gasteiger partial charge in [-0.15, -0.1) is 0 Å². The predicted molar refractivity (Wildman–Crippen MR) is 58.3 cm³/mol. The van der Waals surface area contributed by atoms with E-state index in [9.17, 15) is 5.11 Å². The normalized spacial score (nSPS) is 32.9. The number of rotatable bonds is 1. The van der Waals surface area contributed by atoms with Gasteiger partial charge >= 0.3 is 0 Å². The fourth-order valence-electron chi connectivity index (χ4n) is 2.47. The van der Waals surface area contributed by atoms with Gasteiger partial charge in [-0.05, 0) is 18.4 Å². The van der Waals surface area contributed by atoms with E-state index in [4.69, 9.17) is 0 Å². The highest BCUT2D eigenvalue weighted by Gasteiger charge is 2.36. The van der Waals surface area contributed by atoms with E-state index in [2.05, 4.69) is 31.2 Å². The lowest BCUT2D eigenvalue weighted by atomic mass is 9.69. The van der Waals surface area contributed by atoms with Crippen molar-refractivity contribution in [3.63, 3.8) is 0 Å². The van der Waals surface area contributed by atoms with Crippen LogP contribution in [-0.4, -0.2) is 11.2 Å². The Labute approximate surface area is 85.8 Å². The number of aliphatic hydroxyl groups is 1. The van der Waals surface area contributed by atoms with Gasteiger partial charge in [-0.25, -0.2) is 0 Å². The summed E-state index contributed by atoms with van der Waals surface area (Å²) in [7, 11) is 0. The first-order chi connectivity index (χ1) is 6.73. The molecule has 1 aromatic rings. The Morgan fingerprint density at radius 3 is 2.57 bits per heavy atom. The Balaban J connectivity index is 2.30. The molecule has 0 radical (unpaired) electrons. The van der Waals surface area contributed by atoms with Gasteiger partial charge in [-0.1, -0.05) is 50.1 Å². The van der Waals surface area contributed by atoms with Crippen LogP contribution in [0.4, 0.5) is 0 Å². The Bertz CT molecular complexity index is 293. The average molecular weight is 190 g/mol. The molecule has 2 unspecified atom stereocenters. The third-order valence-electron chi connectivity index (χ3n) is 3.59. The van der Waals surface area contributed by atoms with Crippen molar-refractivity contribution in [2.24, 2.45) is 0 Å². The van der Waals surface area contributed by atoms with Gasteiger partial charge in [0.15, 0.2) is 0 Å². The van der Waals surface area contributed by atoms with Crippen molar-refractivity contribution in [3.05, 3.63) is 35.9 Å². The van der Waals surface area contributed by atoms with Gasteiger partial charge in [0, 0.05) is 5.41 Å². The third kappa shape index (κ3) is 1.57. The lowest BCUT2D eigenvalue weighted by molar-refractivity contribution is 0.0521. The van der Waals surface area contributed by atoms with Gasteiger partial charge in [0.25, 0.3) is 0 Å². The van der Waals surface area contributed by atoms with Crippen LogP contribution in [-0.2, 0) is 5.41 Å². The Morgan fingerprint density at radius 2 is 1.93 bits per heavy atom. The van der Waals surface area contributed by atoms with Crippen LogP contribution in [0.1, 0.15) is 38.2 Å². The number of hydrogen-bond acceptors (Lipinski definition) is 1. The summed E-state index contributed by atoms with van der Waals surface area (Å²) in [6.07, 6.45) is 4.30. The maximum Gasteiger partial charge on any atom is 0.0634 e. The maximum atomic E-state index is 10.1. The molecular weight excluding hydrogens is 172 g/mol. The molecule has 1 nitrogen and oxygen atoms in total. The number of aliphatic hydroxyl groups excluding tert-OH is 1. The van der Waals surface area contributed by atoms with Crippen molar-refractivity contribution in [3.8, 4) is 0 Å². The lowest BCUT2D eigenvalue weighted by Crippen LogP contribution is -2.39. The van der Waals surface area contributed by atoms with Gasteiger partial charge < -0.3 is 5.11 Å². The molecule has 0 heterocycles. The minimum Gasteiger partial charge on any atom is -0.392 e. The molecule has 1 aliphatic rings. The molecule has 2 atom stereocenters. The maximum absolute atomic E-state index is 10.1. The predicted octanol–water partition coefficient (Wildman–Crippen LogP) is 2.88. The van der Waals surface area contributed by atoms with E-state index in [1.807, 2.05) is 6.07 Å². The van der Waals surface area contributed by atoms with Crippen LogP contribution in [0.15, 0.2) is 30.3 Å². The molecule has 0 amide bonds. The Kier molecular flexibility index (Phi) is 2.60. The molecule has 2 rings (SSSR count). The van der Waals surface area contributed by atoms with Crippen LogP contribution in [0, 0.1) is 0 Å². The number of hydrogen-bond donors (Lipinski definition) is 1. The SMILES string of the molecule is CC1(c2ccccc2)CCCCC1O. The fourth-order valence-corrected chi connectivity index (χ4v) is 2.47. The van der Waals surface area contributed by atoms with Crippen LogP contribution >= 0.6 is 0 Å². The minimum absolute atomic E-state index is 0.0144. The zero-order valence-corrected chi connectivity index (χ0v) is 8.74. The van der Waals surface area contributed by atoms with E-state index in [1.54, 1.807) is 0 Å². The summed E-state index contributed by atoms with van der Waals surface area (Å²) in [6.45, 7) is 2.19. The third-order valence-corrected chi connectivity index (χ3v) is 3.59. The van der Waals surface area contributed by atoms with Gasteiger partial charge in [0.1, 0.15) is 0 Å². The molecule has 0 spiro atoms. The van der Waals surface area contributed by atoms with Crippen LogP contribution in [0.3, 0.4) is 0 Å². The largest absolute Gasteiger partial charge is 0.392 e. The van der Waals surface area contributed by atoms with E-state index < -0.39 is 0 Å². The van der Waals surface area contributed by atoms with Crippen LogP contribution in [0.2, 0.25) is 0 Å². The summed E-state index contributed by atoms with van der Waals surface area (Å²) in [5.74, 6) is 0. The van der Waals surface area contributed by atoms with Gasteiger partial charge in [-0.3, -0.25) is 0 Å². The molecule has 1 heteroatoms. The zero-order chi connectivity index (χ0) is 10.0. The lowest BCUT2D eigenvalue weighted by Gasteiger charge is -2.39. The Morgan fingerprint density at radius 1 is 1.21 bits per heavy atom.